The van der Waals surface area contributed by atoms with Gasteiger partial charge in [-0.1, -0.05) is 0 Å². The van der Waals surface area contributed by atoms with E-state index in [1.807, 2.05) is 0 Å². The Balaban J connectivity index is 2.42. The van der Waals surface area contributed by atoms with Crippen LogP contribution in [0.25, 0.3) is 0 Å². The Morgan fingerprint density at radius 2 is 2.00 bits per heavy atom. The zero-order chi connectivity index (χ0) is 15.3. The standard InChI is InChI=1S/C12H20N2O6/c1-12(2,3)20-10(16)13-7-8(15)14-6-4-5-9(14)19-11(17)18/h9H,4-7H2,1-3H3,(H,13,16)(H,17,18). The summed E-state index contributed by atoms with van der Waals surface area (Å²) in [7, 11) is 0. The molecule has 0 bridgehead atoms. The highest BCUT2D eigenvalue weighted by atomic mass is 16.7. The monoisotopic (exact) mass is 288 g/mol. The van der Waals surface area contributed by atoms with Crippen LogP contribution in [0.4, 0.5) is 9.59 Å². The predicted molar refractivity (Wildman–Crippen MR) is 68.1 cm³/mol. The molecule has 2 N–H and O–H groups in total. The number of hydrogen-bond acceptors (Lipinski definition) is 5. The molecule has 1 aliphatic rings. The van der Waals surface area contributed by atoms with Crippen LogP contribution >= 0.6 is 0 Å². The maximum Gasteiger partial charge on any atom is 0.507 e. The fraction of sp³-hybridized carbons (Fsp3) is 0.750. The number of ether oxygens (including phenoxy) is 2. The summed E-state index contributed by atoms with van der Waals surface area (Å²) < 4.78 is 9.61. The van der Waals surface area contributed by atoms with Crippen LogP contribution < -0.4 is 5.32 Å². The third-order valence-electron chi connectivity index (χ3n) is 2.54. The van der Waals surface area contributed by atoms with Crippen LogP contribution in [0.2, 0.25) is 0 Å². The molecule has 2 amide bonds. The first-order valence-electron chi connectivity index (χ1n) is 6.35. The summed E-state index contributed by atoms with van der Waals surface area (Å²) in [6.07, 6.45) is -1.77. The predicted octanol–water partition coefficient (Wildman–Crippen LogP) is 1.15. The molecule has 0 spiro atoms. The van der Waals surface area contributed by atoms with Crippen molar-refractivity contribution in [3.8, 4) is 0 Å². The van der Waals surface area contributed by atoms with Gasteiger partial charge in [0.15, 0.2) is 6.23 Å². The fourth-order valence-corrected chi connectivity index (χ4v) is 1.82. The van der Waals surface area contributed by atoms with Gasteiger partial charge in [-0.3, -0.25) is 4.79 Å². The third-order valence-corrected chi connectivity index (χ3v) is 2.54. The Bertz CT molecular complexity index is 390. The lowest BCUT2D eigenvalue weighted by Gasteiger charge is -2.24. The molecule has 1 atom stereocenters. The Labute approximate surface area is 117 Å². The number of amides is 2. The number of nitrogens with zero attached hydrogens (tertiary/aromatic N) is 1. The minimum atomic E-state index is -1.42. The number of nitrogens with one attached hydrogen (secondary N) is 1. The van der Waals surface area contributed by atoms with Gasteiger partial charge in [0.1, 0.15) is 12.1 Å². The van der Waals surface area contributed by atoms with Crippen LogP contribution in [-0.2, 0) is 14.3 Å². The Morgan fingerprint density at radius 1 is 1.35 bits per heavy atom. The number of hydrogen-bond donors (Lipinski definition) is 2. The maximum absolute atomic E-state index is 11.9. The van der Waals surface area contributed by atoms with Gasteiger partial charge in [0.25, 0.3) is 0 Å². The highest BCUT2D eigenvalue weighted by Gasteiger charge is 2.31. The van der Waals surface area contributed by atoms with Crippen LogP contribution in [0.3, 0.4) is 0 Å². The average molecular weight is 288 g/mol. The van der Waals surface area contributed by atoms with E-state index in [0.29, 0.717) is 19.4 Å². The summed E-state index contributed by atoms with van der Waals surface area (Å²) >= 11 is 0. The Kier molecular flexibility index (Phi) is 5.18. The first kappa shape index (κ1) is 16.1. The van der Waals surface area contributed by atoms with E-state index in [4.69, 9.17) is 9.84 Å². The number of alkyl carbamates (subject to hydrolysis) is 1. The molecule has 1 fully saturated rings. The van der Waals surface area contributed by atoms with Crippen molar-refractivity contribution in [1.29, 1.82) is 0 Å². The van der Waals surface area contributed by atoms with Crippen molar-refractivity contribution in [1.82, 2.24) is 10.2 Å². The van der Waals surface area contributed by atoms with Crippen molar-refractivity contribution in [3.63, 3.8) is 0 Å². The summed E-state index contributed by atoms with van der Waals surface area (Å²) in [5.74, 6) is -0.403. The van der Waals surface area contributed by atoms with E-state index in [-0.39, 0.29) is 6.54 Å². The fourth-order valence-electron chi connectivity index (χ4n) is 1.82. The zero-order valence-electron chi connectivity index (χ0n) is 11.8. The first-order chi connectivity index (χ1) is 9.19. The second-order valence-corrected chi connectivity index (χ2v) is 5.42. The van der Waals surface area contributed by atoms with E-state index in [1.54, 1.807) is 20.8 Å². The molecule has 0 aromatic rings. The summed E-state index contributed by atoms with van der Waals surface area (Å²) in [5, 5.41) is 10.9. The van der Waals surface area contributed by atoms with E-state index < -0.39 is 30.0 Å². The molecular weight excluding hydrogens is 268 g/mol. The van der Waals surface area contributed by atoms with Crippen molar-refractivity contribution in [2.24, 2.45) is 0 Å². The lowest BCUT2D eigenvalue weighted by Crippen LogP contribution is -2.45. The molecule has 0 aromatic carbocycles. The first-order valence-corrected chi connectivity index (χ1v) is 6.35. The molecule has 1 unspecified atom stereocenters. The molecule has 0 aromatic heterocycles. The van der Waals surface area contributed by atoms with Crippen LogP contribution in [0.1, 0.15) is 33.6 Å². The second-order valence-electron chi connectivity index (χ2n) is 5.42. The van der Waals surface area contributed by atoms with Crippen molar-refractivity contribution in [2.45, 2.75) is 45.4 Å². The van der Waals surface area contributed by atoms with Crippen molar-refractivity contribution in [2.75, 3.05) is 13.1 Å². The third kappa shape index (κ3) is 5.33. The summed E-state index contributed by atoms with van der Waals surface area (Å²) in [6.45, 7) is 5.30. The van der Waals surface area contributed by atoms with Crippen molar-refractivity contribution >= 4 is 18.2 Å². The summed E-state index contributed by atoms with van der Waals surface area (Å²) in [4.78, 5) is 35.1. The molecule has 1 heterocycles. The molecule has 114 valence electrons. The quantitative estimate of drug-likeness (QED) is 0.755. The lowest BCUT2D eigenvalue weighted by atomic mass is 10.2. The highest BCUT2D eigenvalue weighted by molar-refractivity contribution is 5.82. The largest absolute Gasteiger partial charge is 0.507 e. The number of rotatable bonds is 3. The zero-order valence-corrected chi connectivity index (χ0v) is 11.8. The molecule has 0 aliphatic carbocycles. The van der Waals surface area contributed by atoms with Crippen LogP contribution in [0, 0.1) is 0 Å². The molecule has 8 heteroatoms. The Morgan fingerprint density at radius 3 is 2.55 bits per heavy atom. The number of likely N-dealkylation sites (tertiary alicyclic amines) is 1. The summed E-state index contributed by atoms with van der Waals surface area (Å²) in [6, 6.07) is 0. The van der Waals surface area contributed by atoms with Gasteiger partial charge in [-0.05, 0) is 27.2 Å². The van der Waals surface area contributed by atoms with Gasteiger partial charge in [0.05, 0.1) is 0 Å². The van der Waals surface area contributed by atoms with Crippen LogP contribution in [0.5, 0.6) is 0 Å². The van der Waals surface area contributed by atoms with Crippen molar-refractivity contribution in [3.05, 3.63) is 0 Å². The topological polar surface area (TPSA) is 105 Å². The molecule has 20 heavy (non-hydrogen) atoms. The number of carbonyl (C=O) groups is 3. The molecule has 1 saturated heterocycles. The molecular formula is C12H20N2O6. The van der Waals surface area contributed by atoms with Crippen LogP contribution in [0.15, 0.2) is 0 Å². The molecule has 1 rings (SSSR count). The van der Waals surface area contributed by atoms with Gasteiger partial charge in [-0.2, -0.15) is 0 Å². The lowest BCUT2D eigenvalue weighted by molar-refractivity contribution is -0.137. The van der Waals surface area contributed by atoms with E-state index in [9.17, 15) is 14.4 Å². The SMILES string of the molecule is CC(C)(C)OC(=O)NCC(=O)N1CCCC1OC(=O)O. The maximum atomic E-state index is 11.9. The van der Waals surface area contributed by atoms with Gasteiger partial charge in [0, 0.05) is 13.0 Å². The minimum Gasteiger partial charge on any atom is -0.450 e. The van der Waals surface area contributed by atoms with E-state index >= 15 is 0 Å². The smallest absolute Gasteiger partial charge is 0.450 e. The summed E-state index contributed by atoms with van der Waals surface area (Å²) in [5.41, 5.74) is -0.643. The molecule has 0 radical (unpaired) electrons. The van der Waals surface area contributed by atoms with Crippen molar-refractivity contribution < 1.29 is 29.0 Å². The molecule has 1 aliphatic heterocycles. The van der Waals surface area contributed by atoms with Gasteiger partial charge in [0.2, 0.25) is 5.91 Å². The Hall–Kier alpha value is -1.99. The van der Waals surface area contributed by atoms with Gasteiger partial charge in [-0.15, -0.1) is 0 Å². The van der Waals surface area contributed by atoms with Gasteiger partial charge in [-0.25, -0.2) is 9.59 Å². The minimum absolute atomic E-state index is 0.256. The van der Waals surface area contributed by atoms with E-state index in [1.165, 1.54) is 4.90 Å². The van der Waals surface area contributed by atoms with Crippen LogP contribution in [-0.4, -0.2) is 53.1 Å². The van der Waals surface area contributed by atoms with E-state index in [0.717, 1.165) is 0 Å². The van der Waals surface area contributed by atoms with Gasteiger partial charge >= 0.3 is 12.2 Å². The average Bonchev–Trinajstić information content (AvgIpc) is 2.70. The molecule has 8 nitrogen and oxygen atoms in total. The molecule has 0 saturated carbocycles. The van der Waals surface area contributed by atoms with Gasteiger partial charge < -0.3 is 24.8 Å². The highest BCUT2D eigenvalue weighted by Crippen LogP contribution is 2.18. The number of carboxylic acid groups (broad SMARTS) is 1. The number of carbonyl (C=O) groups excluding carboxylic acids is 2. The normalized spacial score (nSPS) is 18.6. The van der Waals surface area contributed by atoms with E-state index in [2.05, 4.69) is 10.1 Å². The second kappa shape index (κ2) is 6.44.